The van der Waals surface area contributed by atoms with Gasteiger partial charge in [-0.25, -0.2) is 4.79 Å². The number of rotatable bonds is 6. The quantitative estimate of drug-likeness (QED) is 0.760. The van der Waals surface area contributed by atoms with Crippen molar-refractivity contribution in [3.8, 4) is 0 Å². The Morgan fingerprint density at radius 3 is 2.21 bits per heavy atom. The molecule has 0 spiro atoms. The molecule has 102 valence electrons. The lowest BCUT2D eigenvalue weighted by molar-refractivity contribution is -0.149. The van der Waals surface area contributed by atoms with E-state index in [1.165, 1.54) is 24.3 Å². The van der Waals surface area contributed by atoms with Crippen LogP contribution in [0.1, 0.15) is 23.2 Å². The summed E-state index contributed by atoms with van der Waals surface area (Å²) in [7, 11) is 0. The smallest absolute Gasteiger partial charge is 0.329 e. The SMILES string of the molecule is O=C(O)CC[C@@H](C(=O)O)N(F)C(=O)c1ccccc1. The van der Waals surface area contributed by atoms with E-state index in [2.05, 4.69) is 0 Å². The van der Waals surface area contributed by atoms with Gasteiger partial charge in [-0.15, -0.1) is 0 Å². The first-order valence-corrected chi connectivity index (χ1v) is 5.42. The second kappa shape index (κ2) is 6.48. The van der Waals surface area contributed by atoms with Crippen molar-refractivity contribution in [1.29, 1.82) is 0 Å². The Bertz CT molecular complexity index is 476. The molecule has 1 aromatic carbocycles. The second-order valence-electron chi connectivity index (χ2n) is 3.77. The van der Waals surface area contributed by atoms with Crippen molar-refractivity contribution in [2.75, 3.05) is 0 Å². The standard InChI is InChI=1S/C12H12FNO5/c13-14(9(12(18)19)6-7-10(15)16)11(17)8-4-2-1-3-5-8/h1-5,9H,6-7H2,(H,15,16)(H,18,19)/t9-/m0/s1. The van der Waals surface area contributed by atoms with Crippen LogP contribution in [0, 0.1) is 0 Å². The summed E-state index contributed by atoms with van der Waals surface area (Å²) in [5, 5.41) is 16.8. The second-order valence-corrected chi connectivity index (χ2v) is 3.77. The van der Waals surface area contributed by atoms with Crippen LogP contribution in [0.2, 0.25) is 0 Å². The molecule has 0 unspecified atom stereocenters. The van der Waals surface area contributed by atoms with Gasteiger partial charge in [-0.05, 0) is 18.6 Å². The highest BCUT2D eigenvalue weighted by molar-refractivity contribution is 5.95. The molecule has 0 fully saturated rings. The number of amides is 1. The van der Waals surface area contributed by atoms with Crippen molar-refractivity contribution < 1.29 is 29.1 Å². The molecule has 0 saturated heterocycles. The Balaban J connectivity index is 2.82. The largest absolute Gasteiger partial charge is 0.481 e. The molecule has 19 heavy (non-hydrogen) atoms. The molecule has 0 aliphatic heterocycles. The molecule has 7 heteroatoms. The molecule has 1 atom stereocenters. The highest BCUT2D eigenvalue weighted by Gasteiger charge is 2.31. The zero-order chi connectivity index (χ0) is 14.4. The number of hydrogen-bond donors (Lipinski definition) is 2. The van der Waals surface area contributed by atoms with Crippen LogP contribution in [-0.4, -0.2) is 39.2 Å². The Morgan fingerprint density at radius 2 is 1.74 bits per heavy atom. The van der Waals surface area contributed by atoms with Crippen LogP contribution in [-0.2, 0) is 9.59 Å². The van der Waals surface area contributed by atoms with Gasteiger partial charge in [0, 0.05) is 12.0 Å². The summed E-state index contributed by atoms with van der Waals surface area (Å²) >= 11 is 0. The third-order valence-corrected chi connectivity index (χ3v) is 2.41. The molecular formula is C12H12FNO5. The van der Waals surface area contributed by atoms with Crippen LogP contribution < -0.4 is 0 Å². The zero-order valence-corrected chi connectivity index (χ0v) is 9.82. The number of carboxylic acids is 2. The van der Waals surface area contributed by atoms with E-state index in [-0.39, 0.29) is 5.56 Å². The monoisotopic (exact) mass is 269 g/mol. The molecule has 0 aliphatic rings. The fourth-order valence-corrected chi connectivity index (χ4v) is 1.44. The molecule has 1 rings (SSSR count). The molecule has 0 aliphatic carbocycles. The van der Waals surface area contributed by atoms with Crippen molar-refractivity contribution in [2.24, 2.45) is 0 Å². The average molecular weight is 269 g/mol. The first-order valence-electron chi connectivity index (χ1n) is 5.42. The Kier molecular flexibility index (Phi) is 4.99. The third kappa shape index (κ3) is 4.06. The van der Waals surface area contributed by atoms with Gasteiger partial charge in [0.1, 0.15) is 0 Å². The molecule has 1 aromatic rings. The highest BCUT2D eigenvalue weighted by atomic mass is 19.2. The Labute approximate surface area is 108 Å². The average Bonchev–Trinajstić information content (AvgIpc) is 2.38. The lowest BCUT2D eigenvalue weighted by Crippen LogP contribution is -2.40. The van der Waals surface area contributed by atoms with E-state index >= 15 is 0 Å². The molecule has 2 N–H and O–H groups in total. The van der Waals surface area contributed by atoms with Crippen LogP contribution in [0.4, 0.5) is 4.48 Å². The summed E-state index contributed by atoms with van der Waals surface area (Å²) in [5.41, 5.74) is -0.00780. The lowest BCUT2D eigenvalue weighted by Gasteiger charge is -2.19. The molecule has 0 bridgehead atoms. The lowest BCUT2D eigenvalue weighted by atomic mass is 10.1. The topological polar surface area (TPSA) is 94.9 Å². The number of hydrogen-bond acceptors (Lipinski definition) is 3. The summed E-state index contributed by atoms with van der Waals surface area (Å²) in [4.78, 5) is 32.9. The van der Waals surface area contributed by atoms with Crippen molar-refractivity contribution in [1.82, 2.24) is 5.12 Å². The minimum atomic E-state index is -1.82. The number of carboxylic acid groups (broad SMARTS) is 2. The van der Waals surface area contributed by atoms with Crippen LogP contribution in [0.5, 0.6) is 0 Å². The van der Waals surface area contributed by atoms with Crippen molar-refractivity contribution in [3.05, 3.63) is 35.9 Å². The van der Waals surface area contributed by atoms with Crippen molar-refractivity contribution in [3.63, 3.8) is 0 Å². The highest BCUT2D eigenvalue weighted by Crippen LogP contribution is 2.13. The fraction of sp³-hybridized carbons (Fsp3) is 0.250. The summed E-state index contributed by atoms with van der Waals surface area (Å²) in [6.07, 6.45) is -1.04. The summed E-state index contributed by atoms with van der Waals surface area (Å²) in [6, 6.07) is 5.50. The maximum absolute atomic E-state index is 13.8. The van der Waals surface area contributed by atoms with Gasteiger partial charge >= 0.3 is 11.9 Å². The van der Waals surface area contributed by atoms with Crippen LogP contribution in [0.25, 0.3) is 0 Å². The normalized spacial score (nSPS) is 11.6. The van der Waals surface area contributed by atoms with Gasteiger partial charge in [0.05, 0.1) is 0 Å². The number of carbonyl (C=O) groups is 3. The van der Waals surface area contributed by atoms with Crippen LogP contribution in [0.15, 0.2) is 30.3 Å². The van der Waals surface area contributed by atoms with E-state index in [0.717, 1.165) is 0 Å². The zero-order valence-electron chi connectivity index (χ0n) is 9.82. The molecule has 0 aromatic heterocycles. The summed E-state index contributed by atoms with van der Waals surface area (Å²) < 4.78 is 13.8. The van der Waals surface area contributed by atoms with E-state index in [9.17, 15) is 18.9 Å². The van der Waals surface area contributed by atoms with E-state index in [1.54, 1.807) is 6.07 Å². The van der Waals surface area contributed by atoms with Crippen molar-refractivity contribution in [2.45, 2.75) is 18.9 Å². The Hall–Kier alpha value is -2.44. The van der Waals surface area contributed by atoms with Crippen LogP contribution >= 0.6 is 0 Å². The first-order chi connectivity index (χ1) is 8.93. The molecule has 0 saturated carbocycles. The molecule has 1 amide bonds. The van der Waals surface area contributed by atoms with E-state index in [0.29, 0.717) is 0 Å². The van der Waals surface area contributed by atoms with Crippen molar-refractivity contribution >= 4 is 17.8 Å². The third-order valence-electron chi connectivity index (χ3n) is 2.41. The van der Waals surface area contributed by atoms with E-state index in [4.69, 9.17) is 10.2 Å². The van der Waals surface area contributed by atoms with Gasteiger partial charge in [0.2, 0.25) is 0 Å². The van der Waals surface area contributed by atoms with Gasteiger partial charge in [0.25, 0.3) is 5.91 Å². The fourth-order valence-electron chi connectivity index (χ4n) is 1.44. The predicted octanol–water partition coefficient (Wildman–Crippen LogP) is 1.33. The number of halogens is 1. The van der Waals surface area contributed by atoms with E-state index < -0.39 is 41.9 Å². The molecule has 0 heterocycles. The van der Waals surface area contributed by atoms with Gasteiger partial charge < -0.3 is 10.2 Å². The van der Waals surface area contributed by atoms with Gasteiger partial charge in [-0.1, -0.05) is 22.7 Å². The van der Waals surface area contributed by atoms with Gasteiger partial charge in [-0.3, -0.25) is 9.59 Å². The maximum atomic E-state index is 13.8. The summed E-state index contributed by atoms with van der Waals surface area (Å²) in [6.45, 7) is 0. The number of aliphatic carboxylic acids is 2. The first kappa shape index (κ1) is 14.6. The van der Waals surface area contributed by atoms with E-state index in [1.807, 2.05) is 0 Å². The van der Waals surface area contributed by atoms with Gasteiger partial charge in [0.15, 0.2) is 6.04 Å². The minimum absolute atomic E-state index is 0.00780. The van der Waals surface area contributed by atoms with Gasteiger partial charge in [-0.2, -0.15) is 5.12 Å². The Morgan fingerprint density at radius 1 is 1.16 bits per heavy atom. The number of nitrogens with zero attached hydrogens (tertiary/aromatic N) is 1. The molecule has 6 nitrogen and oxygen atoms in total. The minimum Gasteiger partial charge on any atom is -0.481 e. The summed E-state index contributed by atoms with van der Waals surface area (Å²) in [5.74, 6) is -3.96. The predicted molar refractivity (Wildman–Crippen MR) is 62.0 cm³/mol. The maximum Gasteiger partial charge on any atom is 0.329 e. The number of benzene rings is 1. The molecular weight excluding hydrogens is 257 g/mol. The molecule has 0 radical (unpaired) electrons. The number of carbonyl (C=O) groups excluding carboxylic acids is 1. The van der Waals surface area contributed by atoms with Crippen LogP contribution in [0.3, 0.4) is 0 Å².